The van der Waals surface area contributed by atoms with Crippen molar-refractivity contribution >= 4 is 66.6 Å². The molecule has 0 fully saturated rings. The largest absolute Gasteiger partial charge is 0.342 e. The van der Waals surface area contributed by atoms with Gasteiger partial charge >= 0.3 is 0 Å². The third-order valence-electron chi connectivity index (χ3n) is 5.11. The maximum atomic E-state index is 6.34. The first kappa shape index (κ1) is 16.2. The topological polar surface area (TPSA) is 4.93 Å². The molecule has 0 aliphatic carbocycles. The first-order valence-electron chi connectivity index (χ1n) is 8.50. The maximum absolute atomic E-state index is 6.34. The van der Waals surface area contributed by atoms with Crippen molar-refractivity contribution in [3.8, 4) is 11.3 Å². The van der Waals surface area contributed by atoms with Crippen LogP contribution in [0.15, 0.2) is 72.8 Å². The molecule has 5 rings (SSSR count). The molecule has 1 aromatic heterocycles. The summed E-state index contributed by atoms with van der Waals surface area (Å²) in [5.41, 5.74) is 3.77. The van der Waals surface area contributed by atoms with E-state index < -0.39 is 0 Å². The second kappa shape index (κ2) is 6.00. The predicted molar refractivity (Wildman–Crippen MR) is 121 cm³/mol. The Balaban J connectivity index is 2.09. The number of fused-ring (bicyclic) bond motifs is 6. The number of aryl methyl sites for hydroxylation is 1. The van der Waals surface area contributed by atoms with Crippen LogP contribution in [0.3, 0.4) is 0 Å². The van der Waals surface area contributed by atoms with E-state index in [9.17, 15) is 0 Å². The van der Waals surface area contributed by atoms with Crippen molar-refractivity contribution in [3.05, 3.63) is 81.4 Å². The first-order valence-corrected chi connectivity index (χ1v) is 9.96. The minimum Gasteiger partial charge on any atom is -0.342 e. The Labute approximate surface area is 170 Å². The Morgan fingerprint density at radius 2 is 1.46 bits per heavy atom. The summed E-state index contributed by atoms with van der Waals surface area (Å²) < 4.78 is 3.62. The average molecular weight is 468 g/mol. The van der Waals surface area contributed by atoms with Gasteiger partial charge in [-0.1, -0.05) is 72.3 Å². The van der Waals surface area contributed by atoms with Crippen molar-refractivity contribution in [1.82, 2.24) is 4.57 Å². The van der Waals surface area contributed by atoms with E-state index in [0.717, 1.165) is 5.02 Å². The van der Waals surface area contributed by atoms with E-state index >= 15 is 0 Å². The lowest BCUT2D eigenvalue weighted by Crippen LogP contribution is -1.93. The molecule has 0 saturated heterocycles. The molecule has 1 nitrogen and oxygen atoms in total. The molecule has 0 radical (unpaired) electrons. The van der Waals surface area contributed by atoms with Gasteiger partial charge in [0.2, 0.25) is 0 Å². The fraction of sp³-hybridized carbons (Fsp3) is 0.0435. The maximum Gasteiger partial charge on any atom is 0.0624 e. The number of hydrogen-bond acceptors (Lipinski definition) is 0. The normalized spacial score (nSPS) is 11.7. The molecule has 0 aliphatic rings. The molecule has 0 aliphatic heterocycles. The zero-order valence-electron chi connectivity index (χ0n) is 14.1. The van der Waals surface area contributed by atoms with Crippen molar-refractivity contribution in [3.63, 3.8) is 0 Å². The van der Waals surface area contributed by atoms with E-state index in [0.29, 0.717) is 0 Å². The summed E-state index contributed by atoms with van der Waals surface area (Å²) in [6.07, 6.45) is 0. The molecule has 0 unspecified atom stereocenters. The molecule has 1 heterocycles. The molecule has 0 atom stereocenters. The molecule has 0 spiro atoms. The van der Waals surface area contributed by atoms with Crippen LogP contribution >= 0.6 is 34.2 Å². The highest BCUT2D eigenvalue weighted by Gasteiger charge is 2.20. The van der Waals surface area contributed by atoms with Crippen molar-refractivity contribution in [2.24, 2.45) is 7.05 Å². The van der Waals surface area contributed by atoms with Crippen LogP contribution in [0.4, 0.5) is 0 Å². The molecule has 0 bridgehead atoms. The Morgan fingerprint density at radius 1 is 0.769 bits per heavy atom. The summed E-state index contributed by atoms with van der Waals surface area (Å²) in [4.78, 5) is 0. The lowest BCUT2D eigenvalue weighted by Gasteiger charge is -2.10. The number of halogens is 2. The van der Waals surface area contributed by atoms with Gasteiger partial charge in [0.15, 0.2) is 0 Å². The minimum absolute atomic E-state index is 0.774. The molecule has 126 valence electrons. The van der Waals surface area contributed by atoms with E-state index in [1.807, 2.05) is 6.07 Å². The highest BCUT2D eigenvalue weighted by Crippen LogP contribution is 2.43. The fourth-order valence-corrected chi connectivity index (χ4v) is 5.40. The summed E-state index contributed by atoms with van der Waals surface area (Å²) in [6, 6.07) is 25.5. The van der Waals surface area contributed by atoms with E-state index in [1.165, 1.54) is 47.3 Å². The Kier molecular flexibility index (Phi) is 3.73. The third-order valence-corrected chi connectivity index (χ3v) is 6.39. The highest BCUT2D eigenvalue weighted by atomic mass is 127. The molecule has 0 saturated carbocycles. The number of nitrogens with zero attached hydrogens (tertiary/aromatic N) is 1. The zero-order valence-corrected chi connectivity index (χ0v) is 17.0. The highest BCUT2D eigenvalue weighted by molar-refractivity contribution is 14.1. The van der Waals surface area contributed by atoms with E-state index in [4.69, 9.17) is 11.6 Å². The summed E-state index contributed by atoms with van der Waals surface area (Å²) in [6.45, 7) is 0. The van der Waals surface area contributed by atoms with Gasteiger partial charge in [0.1, 0.15) is 0 Å². The zero-order chi connectivity index (χ0) is 17.8. The van der Waals surface area contributed by atoms with Crippen LogP contribution in [0, 0.1) is 3.57 Å². The average Bonchev–Trinajstić information content (AvgIpc) is 2.93. The Hall–Kier alpha value is -2.04. The molecule has 3 heteroatoms. The summed E-state index contributed by atoms with van der Waals surface area (Å²) in [5, 5.41) is 7.05. The van der Waals surface area contributed by atoms with Crippen LogP contribution in [0.2, 0.25) is 5.02 Å². The van der Waals surface area contributed by atoms with Crippen LogP contribution < -0.4 is 0 Å². The third kappa shape index (κ3) is 2.22. The van der Waals surface area contributed by atoms with Gasteiger partial charge in [0.05, 0.1) is 11.2 Å². The minimum atomic E-state index is 0.774. The number of rotatable bonds is 1. The molecule has 5 aromatic rings. The van der Waals surface area contributed by atoms with Gasteiger partial charge in [-0.15, -0.1) is 0 Å². The first-order chi connectivity index (χ1) is 12.7. The van der Waals surface area contributed by atoms with Gasteiger partial charge in [-0.05, 0) is 56.4 Å². The van der Waals surface area contributed by atoms with Crippen LogP contribution in [0.25, 0.3) is 43.7 Å². The number of hydrogen-bond donors (Lipinski definition) is 0. The second-order valence-corrected chi connectivity index (χ2v) is 8.06. The van der Waals surface area contributed by atoms with Crippen molar-refractivity contribution in [2.45, 2.75) is 0 Å². The summed E-state index contributed by atoms with van der Waals surface area (Å²) in [7, 11) is 2.17. The molecule has 0 amide bonds. The van der Waals surface area contributed by atoms with Crippen LogP contribution in [0.1, 0.15) is 0 Å². The van der Waals surface area contributed by atoms with Gasteiger partial charge in [0, 0.05) is 26.4 Å². The van der Waals surface area contributed by atoms with Crippen LogP contribution in [-0.4, -0.2) is 4.57 Å². The Bertz CT molecular complexity index is 1300. The summed E-state index contributed by atoms with van der Waals surface area (Å²) >= 11 is 8.83. The lowest BCUT2D eigenvalue weighted by molar-refractivity contribution is 0.980. The quantitative estimate of drug-likeness (QED) is 0.179. The van der Waals surface area contributed by atoms with Crippen molar-refractivity contribution in [1.29, 1.82) is 0 Å². The number of benzene rings is 4. The summed E-state index contributed by atoms with van der Waals surface area (Å²) in [5.74, 6) is 0. The van der Waals surface area contributed by atoms with Crippen LogP contribution in [-0.2, 0) is 7.05 Å². The van der Waals surface area contributed by atoms with E-state index in [-0.39, 0.29) is 0 Å². The molecule has 26 heavy (non-hydrogen) atoms. The van der Waals surface area contributed by atoms with Crippen molar-refractivity contribution in [2.75, 3.05) is 0 Å². The monoisotopic (exact) mass is 467 g/mol. The molecular weight excluding hydrogens is 453 g/mol. The molecule has 0 N–H and O–H groups in total. The fourth-order valence-electron chi connectivity index (χ4n) is 4.01. The van der Waals surface area contributed by atoms with Crippen molar-refractivity contribution < 1.29 is 0 Å². The number of aromatic nitrogens is 1. The van der Waals surface area contributed by atoms with Gasteiger partial charge in [-0.2, -0.15) is 0 Å². The van der Waals surface area contributed by atoms with Gasteiger partial charge < -0.3 is 4.57 Å². The van der Waals surface area contributed by atoms with Crippen LogP contribution in [0.5, 0.6) is 0 Å². The smallest absolute Gasteiger partial charge is 0.0624 e. The lowest BCUT2D eigenvalue weighted by atomic mass is 9.98. The van der Waals surface area contributed by atoms with E-state index in [2.05, 4.69) is 101 Å². The standard InChI is InChI=1S/C23H15ClIN/c1-26-22(14-7-3-2-4-8-14)21(25)20-17-12-11-15(24)13-19(17)16-9-5-6-10-18(16)23(20)26/h2-13H,1H3. The van der Waals surface area contributed by atoms with Gasteiger partial charge in [0.25, 0.3) is 0 Å². The Morgan fingerprint density at radius 3 is 2.23 bits per heavy atom. The predicted octanol–water partition coefficient (Wildman–Crippen LogP) is 7.41. The molecule has 4 aromatic carbocycles. The molecular formula is C23H15ClIN. The van der Waals surface area contributed by atoms with E-state index in [1.54, 1.807) is 0 Å². The second-order valence-electron chi connectivity index (χ2n) is 6.55. The SMILES string of the molecule is Cn1c(-c2ccccc2)c(I)c2c3ccc(Cl)cc3c3ccccc3c21. The van der Waals surface area contributed by atoms with Gasteiger partial charge in [-0.25, -0.2) is 0 Å². The van der Waals surface area contributed by atoms with Gasteiger partial charge in [-0.3, -0.25) is 0 Å².